The number of nitrogen functional groups attached to an aromatic ring is 1. The first-order chi connectivity index (χ1) is 9.09. The van der Waals surface area contributed by atoms with Crippen LogP contribution in [-0.2, 0) is 0 Å². The van der Waals surface area contributed by atoms with Crippen LogP contribution in [0, 0.1) is 0 Å². The third-order valence-electron chi connectivity index (χ3n) is 3.14. The molecule has 5 nitrogen and oxygen atoms in total. The van der Waals surface area contributed by atoms with Crippen LogP contribution in [0.15, 0.2) is 29.8 Å². The average Bonchev–Trinajstić information content (AvgIpc) is 2.98. The topological polar surface area (TPSA) is 76.3 Å². The second-order valence-electron chi connectivity index (χ2n) is 4.33. The van der Waals surface area contributed by atoms with Crippen molar-refractivity contribution >= 4 is 28.8 Å². The van der Waals surface area contributed by atoms with E-state index in [1.807, 2.05) is 5.38 Å². The molecule has 0 spiro atoms. The number of nitrogens with zero attached hydrogens (tertiary/aromatic N) is 2. The Morgan fingerprint density at radius 1 is 1.26 bits per heavy atom. The van der Waals surface area contributed by atoms with Crippen LogP contribution < -0.4 is 5.73 Å². The number of imide groups is 1. The van der Waals surface area contributed by atoms with E-state index in [1.165, 1.54) is 16.2 Å². The van der Waals surface area contributed by atoms with Crippen molar-refractivity contribution in [3.63, 3.8) is 0 Å². The molecule has 2 heterocycles. The zero-order valence-corrected chi connectivity index (χ0v) is 11.0. The Morgan fingerprint density at radius 2 is 2.00 bits per heavy atom. The predicted molar refractivity (Wildman–Crippen MR) is 71.9 cm³/mol. The number of benzene rings is 1. The minimum Gasteiger partial charge on any atom is -0.399 e. The standard InChI is InChI=1S/C13H11N3O2S/c1-7(11-15-4-5-19-11)16-12(17)9-3-2-8(14)6-10(9)13(16)18/h2-7H,14H2,1H3. The number of nitrogens with two attached hydrogens (primary N) is 1. The minimum atomic E-state index is -0.367. The second-order valence-corrected chi connectivity index (χ2v) is 5.26. The molecule has 6 heteroatoms. The molecule has 0 radical (unpaired) electrons. The van der Waals surface area contributed by atoms with Gasteiger partial charge < -0.3 is 5.73 Å². The molecule has 0 bridgehead atoms. The number of amides is 2. The van der Waals surface area contributed by atoms with Crippen molar-refractivity contribution in [3.8, 4) is 0 Å². The van der Waals surface area contributed by atoms with Crippen molar-refractivity contribution in [1.29, 1.82) is 0 Å². The quantitative estimate of drug-likeness (QED) is 0.671. The highest BCUT2D eigenvalue weighted by Crippen LogP contribution is 2.32. The molecule has 1 aliphatic rings. The first kappa shape index (κ1) is 11.9. The monoisotopic (exact) mass is 273 g/mol. The number of carbonyl (C=O) groups excluding carboxylic acids is 2. The SMILES string of the molecule is CC(c1nccs1)N1C(=O)c2ccc(N)cc2C1=O. The maximum atomic E-state index is 12.3. The summed E-state index contributed by atoms with van der Waals surface area (Å²) in [5.74, 6) is -0.599. The number of hydrogen-bond acceptors (Lipinski definition) is 5. The highest BCUT2D eigenvalue weighted by molar-refractivity contribution is 7.09. The number of hydrogen-bond donors (Lipinski definition) is 1. The van der Waals surface area contributed by atoms with Crippen molar-refractivity contribution in [3.05, 3.63) is 45.9 Å². The highest BCUT2D eigenvalue weighted by atomic mass is 32.1. The Kier molecular flexibility index (Phi) is 2.60. The lowest BCUT2D eigenvalue weighted by Gasteiger charge is -2.20. The van der Waals surface area contributed by atoms with E-state index < -0.39 is 0 Å². The van der Waals surface area contributed by atoms with E-state index in [1.54, 1.807) is 31.3 Å². The number of thiazole rings is 1. The van der Waals surface area contributed by atoms with E-state index in [9.17, 15) is 9.59 Å². The molecule has 0 aliphatic carbocycles. The summed E-state index contributed by atoms with van der Waals surface area (Å²) < 4.78 is 0. The zero-order chi connectivity index (χ0) is 13.6. The fraction of sp³-hybridized carbons (Fsp3) is 0.154. The van der Waals surface area contributed by atoms with Gasteiger partial charge in [0.15, 0.2) is 0 Å². The van der Waals surface area contributed by atoms with Crippen LogP contribution in [0.2, 0.25) is 0 Å². The van der Waals surface area contributed by atoms with Crippen LogP contribution in [0.3, 0.4) is 0 Å². The van der Waals surface area contributed by atoms with Crippen molar-refractivity contribution in [2.45, 2.75) is 13.0 Å². The smallest absolute Gasteiger partial charge is 0.262 e. The lowest BCUT2D eigenvalue weighted by atomic mass is 10.1. The van der Waals surface area contributed by atoms with Crippen LogP contribution in [0.4, 0.5) is 5.69 Å². The Hall–Kier alpha value is -2.21. The maximum Gasteiger partial charge on any atom is 0.262 e. The Bertz CT molecular complexity index is 667. The van der Waals surface area contributed by atoms with E-state index in [0.717, 1.165) is 5.01 Å². The summed E-state index contributed by atoms with van der Waals surface area (Å²) in [5.41, 5.74) is 6.91. The molecule has 3 rings (SSSR count). The van der Waals surface area contributed by atoms with Crippen molar-refractivity contribution < 1.29 is 9.59 Å². The molecule has 2 aromatic rings. The summed E-state index contributed by atoms with van der Waals surface area (Å²) in [5, 5.41) is 2.56. The van der Waals surface area contributed by atoms with Gasteiger partial charge >= 0.3 is 0 Å². The van der Waals surface area contributed by atoms with Gasteiger partial charge in [0.1, 0.15) is 5.01 Å². The summed E-state index contributed by atoms with van der Waals surface area (Å²) in [6.07, 6.45) is 1.66. The molecule has 1 aromatic heterocycles. The van der Waals surface area contributed by atoms with Crippen LogP contribution in [0.1, 0.15) is 38.7 Å². The number of fused-ring (bicyclic) bond motifs is 1. The second kappa shape index (κ2) is 4.17. The summed E-state index contributed by atoms with van der Waals surface area (Å²) >= 11 is 1.42. The molecular weight excluding hydrogens is 262 g/mol. The van der Waals surface area contributed by atoms with E-state index in [0.29, 0.717) is 16.8 Å². The first-order valence-electron chi connectivity index (χ1n) is 5.76. The number of carbonyl (C=O) groups is 2. The normalized spacial score (nSPS) is 15.7. The molecule has 19 heavy (non-hydrogen) atoms. The molecule has 1 aliphatic heterocycles. The Balaban J connectivity index is 2.03. The van der Waals surface area contributed by atoms with Crippen molar-refractivity contribution in [2.24, 2.45) is 0 Å². The van der Waals surface area contributed by atoms with Crippen molar-refractivity contribution in [1.82, 2.24) is 9.88 Å². The van der Waals surface area contributed by atoms with Gasteiger partial charge in [-0.3, -0.25) is 14.5 Å². The van der Waals surface area contributed by atoms with Gasteiger partial charge in [0.25, 0.3) is 11.8 Å². The van der Waals surface area contributed by atoms with E-state index in [4.69, 9.17) is 5.73 Å². The maximum absolute atomic E-state index is 12.3. The molecule has 2 N–H and O–H groups in total. The number of rotatable bonds is 2. The van der Waals surface area contributed by atoms with Gasteiger partial charge in [-0.1, -0.05) is 0 Å². The van der Waals surface area contributed by atoms with Gasteiger partial charge in [-0.2, -0.15) is 0 Å². The molecule has 96 valence electrons. The largest absolute Gasteiger partial charge is 0.399 e. The predicted octanol–water partition coefficient (Wildman–Crippen LogP) is 2.08. The zero-order valence-electron chi connectivity index (χ0n) is 10.2. The lowest BCUT2D eigenvalue weighted by Crippen LogP contribution is -2.32. The van der Waals surface area contributed by atoms with Crippen LogP contribution >= 0.6 is 11.3 Å². The molecule has 1 aromatic carbocycles. The van der Waals surface area contributed by atoms with Crippen LogP contribution in [0.25, 0.3) is 0 Å². The Morgan fingerprint density at radius 3 is 2.68 bits per heavy atom. The van der Waals surface area contributed by atoms with Gasteiger partial charge in [0.05, 0.1) is 17.2 Å². The fourth-order valence-electron chi connectivity index (χ4n) is 2.18. The molecule has 1 atom stereocenters. The number of aromatic nitrogens is 1. The van der Waals surface area contributed by atoms with E-state index in [-0.39, 0.29) is 17.9 Å². The molecule has 1 unspecified atom stereocenters. The number of anilines is 1. The summed E-state index contributed by atoms with van der Waals surface area (Å²) in [4.78, 5) is 30.0. The molecule has 0 saturated heterocycles. The summed E-state index contributed by atoms with van der Waals surface area (Å²) in [6.45, 7) is 1.80. The van der Waals surface area contributed by atoms with Crippen LogP contribution in [0.5, 0.6) is 0 Å². The van der Waals surface area contributed by atoms with Gasteiger partial charge in [-0.15, -0.1) is 11.3 Å². The highest BCUT2D eigenvalue weighted by Gasteiger charge is 2.39. The minimum absolute atomic E-state index is 0.289. The molecule has 0 fully saturated rings. The summed E-state index contributed by atoms with van der Waals surface area (Å²) in [6, 6.07) is 4.40. The van der Waals surface area contributed by atoms with Gasteiger partial charge in [0.2, 0.25) is 0 Å². The lowest BCUT2D eigenvalue weighted by molar-refractivity contribution is 0.0595. The van der Waals surface area contributed by atoms with Crippen LogP contribution in [-0.4, -0.2) is 21.7 Å². The first-order valence-corrected chi connectivity index (χ1v) is 6.64. The van der Waals surface area contributed by atoms with E-state index in [2.05, 4.69) is 4.98 Å². The third-order valence-corrected chi connectivity index (χ3v) is 4.08. The average molecular weight is 273 g/mol. The fourth-order valence-corrected chi connectivity index (χ4v) is 2.87. The van der Waals surface area contributed by atoms with Gasteiger partial charge in [0, 0.05) is 17.3 Å². The van der Waals surface area contributed by atoms with E-state index >= 15 is 0 Å². The Labute approximate surface area is 113 Å². The molecular formula is C13H11N3O2S. The molecule has 2 amide bonds. The molecule has 0 saturated carbocycles. The van der Waals surface area contributed by atoms with Crippen molar-refractivity contribution in [2.75, 3.05) is 5.73 Å². The summed E-state index contributed by atoms with van der Waals surface area (Å²) in [7, 11) is 0. The van der Waals surface area contributed by atoms with Gasteiger partial charge in [-0.25, -0.2) is 4.98 Å². The van der Waals surface area contributed by atoms with Gasteiger partial charge in [-0.05, 0) is 25.1 Å². The third kappa shape index (κ3) is 1.72.